The van der Waals surface area contributed by atoms with Gasteiger partial charge in [-0.05, 0) is 17.7 Å². The molecule has 25 heavy (non-hydrogen) atoms. The minimum atomic E-state index is -0.470. The number of anilines is 2. The van der Waals surface area contributed by atoms with Crippen molar-refractivity contribution in [2.45, 2.75) is 6.54 Å². The number of hydrogen-bond acceptors (Lipinski definition) is 5. The maximum Gasteiger partial charge on any atom is 0.359 e. The average molecular weight is 335 g/mol. The van der Waals surface area contributed by atoms with Crippen LogP contribution in [0, 0.1) is 0 Å². The third-order valence-corrected chi connectivity index (χ3v) is 4.73. The molecule has 0 spiro atoms. The normalized spacial score (nSPS) is 15.6. The zero-order valence-corrected chi connectivity index (χ0v) is 14.0. The van der Waals surface area contributed by atoms with E-state index in [1.165, 1.54) is 5.56 Å². The van der Waals surface area contributed by atoms with E-state index < -0.39 is 5.63 Å². The van der Waals surface area contributed by atoms with Crippen molar-refractivity contribution < 1.29 is 4.42 Å². The van der Waals surface area contributed by atoms with Crippen LogP contribution in [0.5, 0.6) is 0 Å². The van der Waals surface area contributed by atoms with Gasteiger partial charge >= 0.3 is 5.63 Å². The number of nitrogen functional groups attached to an aromatic ring is 1. The highest BCUT2D eigenvalue weighted by atomic mass is 16.4. The van der Waals surface area contributed by atoms with Gasteiger partial charge in [0.2, 0.25) is 0 Å². The van der Waals surface area contributed by atoms with E-state index in [1.54, 1.807) is 6.07 Å². The van der Waals surface area contributed by atoms with Gasteiger partial charge in [-0.1, -0.05) is 42.5 Å². The van der Waals surface area contributed by atoms with Crippen LogP contribution in [0.2, 0.25) is 0 Å². The number of rotatable bonds is 3. The van der Waals surface area contributed by atoms with Crippen molar-refractivity contribution in [3.63, 3.8) is 0 Å². The smallest absolute Gasteiger partial charge is 0.359 e. The highest BCUT2D eigenvalue weighted by molar-refractivity contribution is 5.90. The molecule has 2 N–H and O–H groups in total. The second-order valence-corrected chi connectivity index (χ2v) is 6.43. The highest BCUT2D eigenvalue weighted by Gasteiger charge is 2.20. The monoisotopic (exact) mass is 335 g/mol. The summed E-state index contributed by atoms with van der Waals surface area (Å²) in [5.74, 6) is 0. The Kier molecular flexibility index (Phi) is 4.15. The van der Waals surface area contributed by atoms with E-state index in [9.17, 15) is 4.79 Å². The summed E-state index contributed by atoms with van der Waals surface area (Å²) in [4.78, 5) is 16.5. The summed E-state index contributed by atoms with van der Waals surface area (Å²) in [7, 11) is 0. The number of fused-ring (bicyclic) bond motifs is 1. The molecule has 1 aromatic heterocycles. The van der Waals surface area contributed by atoms with E-state index in [0.29, 0.717) is 5.58 Å². The SMILES string of the molecule is Nc1cc2cccc(N3CCN(Cc4ccccc4)CC3)c2oc1=O. The van der Waals surface area contributed by atoms with Crippen LogP contribution < -0.4 is 16.3 Å². The Balaban J connectivity index is 1.52. The van der Waals surface area contributed by atoms with Crippen LogP contribution in [0.4, 0.5) is 11.4 Å². The molecule has 128 valence electrons. The van der Waals surface area contributed by atoms with E-state index in [-0.39, 0.29) is 5.69 Å². The first-order valence-electron chi connectivity index (χ1n) is 8.54. The molecule has 1 aliphatic rings. The number of nitrogens with two attached hydrogens (primary N) is 1. The summed E-state index contributed by atoms with van der Waals surface area (Å²) >= 11 is 0. The van der Waals surface area contributed by atoms with Crippen molar-refractivity contribution in [3.8, 4) is 0 Å². The first-order valence-corrected chi connectivity index (χ1v) is 8.54. The number of hydrogen-bond donors (Lipinski definition) is 1. The molecule has 2 heterocycles. The minimum Gasteiger partial charge on any atom is -0.419 e. The molecule has 1 fully saturated rings. The summed E-state index contributed by atoms with van der Waals surface area (Å²) in [6.45, 7) is 4.73. The molecule has 5 heteroatoms. The number of nitrogens with zero attached hydrogens (tertiary/aromatic N) is 2. The molecule has 1 saturated heterocycles. The maximum atomic E-state index is 11.8. The molecule has 4 rings (SSSR count). The second kappa shape index (κ2) is 6.61. The van der Waals surface area contributed by atoms with Crippen LogP contribution in [-0.2, 0) is 6.54 Å². The zero-order chi connectivity index (χ0) is 17.2. The van der Waals surface area contributed by atoms with Crippen molar-refractivity contribution in [2.75, 3.05) is 36.8 Å². The fourth-order valence-corrected chi connectivity index (χ4v) is 3.38. The van der Waals surface area contributed by atoms with E-state index >= 15 is 0 Å². The van der Waals surface area contributed by atoms with Gasteiger partial charge in [-0.25, -0.2) is 4.79 Å². The molecule has 0 unspecified atom stereocenters. The fraction of sp³-hybridized carbons (Fsp3) is 0.250. The van der Waals surface area contributed by atoms with Crippen LogP contribution in [0.15, 0.2) is 63.8 Å². The van der Waals surface area contributed by atoms with E-state index in [0.717, 1.165) is 43.8 Å². The van der Waals surface area contributed by atoms with Gasteiger partial charge in [0.15, 0.2) is 5.58 Å². The van der Waals surface area contributed by atoms with Gasteiger partial charge in [0.25, 0.3) is 0 Å². The van der Waals surface area contributed by atoms with Crippen LogP contribution in [0.3, 0.4) is 0 Å². The zero-order valence-electron chi connectivity index (χ0n) is 14.0. The minimum absolute atomic E-state index is 0.150. The summed E-state index contributed by atoms with van der Waals surface area (Å²) in [6, 6.07) is 18.1. The van der Waals surface area contributed by atoms with Crippen molar-refractivity contribution >= 4 is 22.3 Å². The Morgan fingerprint density at radius 3 is 2.48 bits per heavy atom. The van der Waals surface area contributed by atoms with Crippen molar-refractivity contribution in [2.24, 2.45) is 0 Å². The summed E-state index contributed by atoms with van der Waals surface area (Å²) < 4.78 is 5.46. The summed E-state index contributed by atoms with van der Waals surface area (Å²) in [5, 5.41) is 0.862. The molecule has 0 atom stereocenters. The predicted octanol–water partition coefficient (Wildman–Crippen LogP) is 2.70. The molecule has 0 saturated carbocycles. The van der Waals surface area contributed by atoms with Gasteiger partial charge in [0.1, 0.15) is 5.69 Å². The third-order valence-electron chi connectivity index (χ3n) is 4.73. The topological polar surface area (TPSA) is 62.7 Å². The Morgan fingerprint density at radius 1 is 0.960 bits per heavy atom. The summed E-state index contributed by atoms with van der Waals surface area (Å²) in [5.41, 5.74) is 8.29. The van der Waals surface area contributed by atoms with Gasteiger partial charge < -0.3 is 15.1 Å². The Hall–Kier alpha value is -2.79. The molecule has 0 aliphatic carbocycles. The molecule has 0 amide bonds. The van der Waals surface area contributed by atoms with Gasteiger partial charge in [0.05, 0.1) is 5.69 Å². The van der Waals surface area contributed by atoms with Crippen LogP contribution in [-0.4, -0.2) is 31.1 Å². The van der Waals surface area contributed by atoms with Gasteiger partial charge in [-0.15, -0.1) is 0 Å². The van der Waals surface area contributed by atoms with Gasteiger partial charge in [0, 0.05) is 38.1 Å². The lowest BCUT2D eigenvalue weighted by molar-refractivity contribution is 0.250. The molecule has 5 nitrogen and oxygen atoms in total. The lowest BCUT2D eigenvalue weighted by Gasteiger charge is -2.36. The fourth-order valence-electron chi connectivity index (χ4n) is 3.38. The predicted molar refractivity (Wildman–Crippen MR) is 101 cm³/mol. The maximum absolute atomic E-state index is 11.8. The number of para-hydroxylation sites is 1. The average Bonchev–Trinajstić information content (AvgIpc) is 2.64. The first-order chi connectivity index (χ1) is 12.2. The molecule has 2 aromatic carbocycles. The first kappa shape index (κ1) is 15.7. The second-order valence-electron chi connectivity index (χ2n) is 6.43. The van der Waals surface area contributed by atoms with Gasteiger partial charge in [-0.2, -0.15) is 0 Å². The Labute approximate surface area is 146 Å². The van der Waals surface area contributed by atoms with Crippen LogP contribution >= 0.6 is 0 Å². The van der Waals surface area contributed by atoms with Crippen molar-refractivity contribution in [1.29, 1.82) is 0 Å². The molecular weight excluding hydrogens is 314 g/mol. The third kappa shape index (κ3) is 3.23. The number of piperazine rings is 1. The quantitative estimate of drug-likeness (QED) is 0.746. The molecule has 3 aromatic rings. The van der Waals surface area contributed by atoms with Crippen molar-refractivity contribution in [3.05, 3.63) is 70.6 Å². The Morgan fingerprint density at radius 2 is 1.72 bits per heavy atom. The molecular formula is C20H21N3O2. The number of benzene rings is 2. The lowest BCUT2D eigenvalue weighted by atomic mass is 10.1. The van der Waals surface area contributed by atoms with Crippen LogP contribution in [0.1, 0.15) is 5.56 Å². The summed E-state index contributed by atoms with van der Waals surface area (Å²) in [6.07, 6.45) is 0. The van der Waals surface area contributed by atoms with Crippen molar-refractivity contribution in [1.82, 2.24) is 4.90 Å². The lowest BCUT2D eigenvalue weighted by Crippen LogP contribution is -2.46. The van der Waals surface area contributed by atoms with Crippen LogP contribution in [0.25, 0.3) is 11.0 Å². The molecule has 0 bridgehead atoms. The molecule has 0 radical (unpaired) electrons. The highest BCUT2D eigenvalue weighted by Crippen LogP contribution is 2.27. The van der Waals surface area contributed by atoms with E-state index in [4.69, 9.17) is 10.2 Å². The van der Waals surface area contributed by atoms with E-state index in [1.807, 2.05) is 24.3 Å². The van der Waals surface area contributed by atoms with E-state index in [2.05, 4.69) is 34.1 Å². The Bertz CT molecular complexity index is 929. The largest absolute Gasteiger partial charge is 0.419 e. The van der Waals surface area contributed by atoms with Gasteiger partial charge in [-0.3, -0.25) is 4.90 Å². The molecule has 1 aliphatic heterocycles. The standard InChI is InChI=1S/C20H21N3O2/c21-17-13-16-7-4-8-18(19(16)25-20(17)24)23-11-9-22(10-12-23)14-15-5-2-1-3-6-15/h1-8,13H,9-12,14,21H2.